The number of thioether (sulfide) groups is 1. The molecule has 0 saturated heterocycles. The molecular formula is C26H24N6OS. The Morgan fingerprint density at radius 2 is 1.91 bits per heavy atom. The molecule has 7 nitrogen and oxygen atoms in total. The first-order valence-electron chi connectivity index (χ1n) is 11.1. The zero-order valence-electron chi connectivity index (χ0n) is 18.8. The van der Waals surface area contributed by atoms with Gasteiger partial charge in [-0.3, -0.25) is 9.78 Å². The monoisotopic (exact) mass is 468 g/mol. The second-order valence-electron chi connectivity index (χ2n) is 8.07. The van der Waals surface area contributed by atoms with Crippen LogP contribution < -0.4 is 5.32 Å². The van der Waals surface area contributed by atoms with Gasteiger partial charge in [0.25, 0.3) is 0 Å². The Balaban J connectivity index is 1.33. The minimum absolute atomic E-state index is 0.0649. The second-order valence-corrected chi connectivity index (χ2v) is 9.01. The quantitative estimate of drug-likeness (QED) is 0.344. The van der Waals surface area contributed by atoms with E-state index in [0.717, 1.165) is 27.8 Å². The third-order valence-electron chi connectivity index (χ3n) is 5.54. The zero-order valence-corrected chi connectivity index (χ0v) is 19.6. The lowest BCUT2D eigenvalue weighted by molar-refractivity contribution is -0.118. The number of aryl methyl sites for hydroxylation is 1. The van der Waals surface area contributed by atoms with Crippen LogP contribution in [0.15, 0.2) is 78.1 Å². The predicted molar refractivity (Wildman–Crippen MR) is 135 cm³/mol. The van der Waals surface area contributed by atoms with Gasteiger partial charge < -0.3 is 9.88 Å². The van der Waals surface area contributed by atoms with Crippen molar-refractivity contribution in [1.29, 1.82) is 0 Å². The van der Waals surface area contributed by atoms with Crippen molar-refractivity contribution in [1.82, 2.24) is 30.0 Å². The van der Waals surface area contributed by atoms with E-state index in [2.05, 4.69) is 62.3 Å². The number of benzene rings is 2. The van der Waals surface area contributed by atoms with E-state index in [1.807, 2.05) is 36.4 Å². The number of para-hydroxylation sites is 1. The maximum Gasteiger partial charge on any atom is 0.230 e. The molecule has 5 rings (SSSR count). The molecule has 0 aliphatic heterocycles. The molecule has 3 aromatic heterocycles. The van der Waals surface area contributed by atoms with Crippen LogP contribution in [0.3, 0.4) is 0 Å². The van der Waals surface area contributed by atoms with Crippen molar-refractivity contribution >= 4 is 39.7 Å². The average Bonchev–Trinajstić information content (AvgIpc) is 3.16. The largest absolute Gasteiger partial charge is 0.355 e. The summed E-state index contributed by atoms with van der Waals surface area (Å²) in [6.07, 6.45) is 2.45. The van der Waals surface area contributed by atoms with Crippen LogP contribution in [0.25, 0.3) is 22.1 Å². The molecule has 0 fully saturated rings. The molecule has 0 aliphatic rings. The van der Waals surface area contributed by atoms with Crippen LogP contribution in [0.1, 0.15) is 16.8 Å². The minimum Gasteiger partial charge on any atom is -0.355 e. The first kappa shape index (κ1) is 22.0. The number of fused-ring (bicyclic) bond motifs is 3. The molecular weight excluding hydrogens is 444 g/mol. The number of nitrogens with one attached hydrogen (secondary N) is 1. The predicted octanol–water partition coefficient (Wildman–Crippen LogP) is 4.18. The van der Waals surface area contributed by atoms with Crippen LogP contribution in [-0.2, 0) is 17.8 Å². The molecule has 0 saturated carbocycles. The third kappa shape index (κ3) is 4.92. The van der Waals surface area contributed by atoms with E-state index in [-0.39, 0.29) is 11.7 Å². The van der Waals surface area contributed by atoms with Gasteiger partial charge in [0.15, 0.2) is 5.65 Å². The van der Waals surface area contributed by atoms with Crippen molar-refractivity contribution in [3.63, 3.8) is 0 Å². The number of amides is 1. The summed E-state index contributed by atoms with van der Waals surface area (Å²) in [5.74, 6) is 0.165. The number of aromatic nitrogens is 5. The molecule has 1 amide bonds. The number of carbonyl (C=O) groups excluding carboxylic acids is 1. The fourth-order valence-electron chi connectivity index (χ4n) is 3.96. The molecule has 0 spiro atoms. The number of rotatable bonds is 8. The van der Waals surface area contributed by atoms with Gasteiger partial charge >= 0.3 is 0 Å². The van der Waals surface area contributed by atoms with Gasteiger partial charge in [-0.05, 0) is 30.7 Å². The summed E-state index contributed by atoms with van der Waals surface area (Å²) in [6.45, 7) is 3.32. The van der Waals surface area contributed by atoms with Gasteiger partial charge in [-0.2, -0.15) is 0 Å². The van der Waals surface area contributed by atoms with Crippen LogP contribution in [0, 0.1) is 6.92 Å². The van der Waals surface area contributed by atoms with E-state index >= 15 is 0 Å². The molecule has 8 heteroatoms. The summed E-state index contributed by atoms with van der Waals surface area (Å²) < 4.78 is 2.17. The molecule has 1 N–H and O–H groups in total. The number of nitrogens with zero attached hydrogens (tertiary/aromatic N) is 5. The van der Waals surface area contributed by atoms with Gasteiger partial charge in [0.2, 0.25) is 11.1 Å². The zero-order chi connectivity index (χ0) is 23.3. The first-order valence-corrected chi connectivity index (χ1v) is 12.1. The Morgan fingerprint density at radius 3 is 2.76 bits per heavy atom. The van der Waals surface area contributed by atoms with Crippen molar-refractivity contribution in [3.8, 4) is 0 Å². The summed E-state index contributed by atoms with van der Waals surface area (Å²) in [5.41, 5.74) is 5.98. The number of pyridine rings is 1. The van der Waals surface area contributed by atoms with Gasteiger partial charge in [0, 0.05) is 36.8 Å². The minimum atomic E-state index is -0.0649. The molecule has 0 bridgehead atoms. The lowest BCUT2D eigenvalue weighted by atomic mass is 10.1. The molecule has 0 aliphatic carbocycles. The first-order chi connectivity index (χ1) is 16.7. The van der Waals surface area contributed by atoms with Crippen molar-refractivity contribution in [3.05, 3.63) is 89.7 Å². The van der Waals surface area contributed by atoms with Crippen molar-refractivity contribution < 1.29 is 4.79 Å². The summed E-state index contributed by atoms with van der Waals surface area (Å²) in [7, 11) is 0. The summed E-state index contributed by atoms with van der Waals surface area (Å²) in [5, 5.41) is 13.2. The van der Waals surface area contributed by atoms with Crippen molar-refractivity contribution in [2.45, 2.75) is 25.0 Å². The lowest BCUT2D eigenvalue weighted by Gasteiger charge is -2.08. The fraction of sp³-hybridized carbons (Fsp3) is 0.192. The number of hydrogen-bond donors (Lipinski definition) is 1. The Bertz CT molecular complexity index is 1450. The van der Waals surface area contributed by atoms with Crippen LogP contribution in [0.4, 0.5) is 0 Å². The van der Waals surface area contributed by atoms with Crippen LogP contribution in [0.2, 0.25) is 0 Å². The Morgan fingerprint density at radius 1 is 1.03 bits per heavy atom. The lowest BCUT2D eigenvalue weighted by Crippen LogP contribution is -2.27. The molecule has 0 radical (unpaired) electrons. The Labute approximate surface area is 201 Å². The molecule has 2 aromatic carbocycles. The smallest absolute Gasteiger partial charge is 0.230 e. The summed E-state index contributed by atoms with van der Waals surface area (Å²) in [6, 6.07) is 22.4. The van der Waals surface area contributed by atoms with E-state index in [1.54, 1.807) is 6.20 Å². The van der Waals surface area contributed by atoms with E-state index < -0.39 is 0 Å². The van der Waals surface area contributed by atoms with Gasteiger partial charge in [0.05, 0.1) is 11.3 Å². The normalized spacial score (nSPS) is 11.2. The molecule has 0 unspecified atom stereocenters. The third-order valence-corrected chi connectivity index (χ3v) is 6.38. The highest BCUT2D eigenvalue weighted by Gasteiger charge is 2.16. The molecule has 3 heterocycles. The maximum atomic E-state index is 12.3. The second kappa shape index (κ2) is 10.0. The van der Waals surface area contributed by atoms with Crippen LogP contribution in [-0.4, -0.2) is 42.9 Å². The van der Waals surface area contributed by atoms with E-state index in [4.69, 9.17) is 4.98 Å². The highest BCUT2D eigenvalue weighted by molar-refractivity contribution is 7.99. The number of carbonyl (C=O) groups is 1. The molecule has 5 aromatic rings. The van der Waals surface area contributed by atoms with Crippen molar-refractivity contribution in [2.75, 3.05) is 12.3 Å². The summed E-state index contributed by atoms with van der Waals surface area (Å²) in [4.78, 5) is 21.4. The van der Waals surface area contributed by atoms with Crippen molar-refractivity contribution in [2.24, 2.45) is 0 Å². The highest BCUT2D eigenvalue weighted by atomic mass is 32.2. The standard InChI is InChI=1S/C26H24N6OS/c1-18-7-6-8-19(15-18)16-32-22-11-3-2-10-21(22)24-25(32)29-26(31-30-24)34-17-23(33)28-14-12-20-9-4-5-13-27-20/h2-11,13,15H,12,14,16-17H2,1H3,(H,28,33). The number of hydrogen-bond acceptors (Lipinski definition) is 6. The fourth-order valence-corrected chi connectivity index (χ4v) is 4.57. The topological polar surface area (TPSA) is 85.6 Å². The van der Waals surface area contributed by atoms with Crippen LogP contribution >= 0.6 is 11.8 Å². The highest BCUT2D eigenvalue weighted by Crippen LogP contribution is 2.28. The van der Waals surface area contributed by atoms with Gasteiger partial charge in [-0.1, -0.05) is 65.9 Å². The average molecular weight is 469 g/mol. The molecule has 170 valence electrons. The maximum absolute atomic E-state index is 12.3. The Hall–Kier alpha value is -3.78. The molecule has 0 atom stereocenters. The van der Waals surface area contributed by atoms with Crippen LogP contribution in [0.5, 0.6) is 0 Å². The van der Waals surface area contributed by atoms with E-state index in [1.165, 1.54) is 22.9 Å². The van der Waals surface area contributed by atoms with E-state index in [9.17, 15) is 4.79 Å². The SMILES string of the molecule is Cc1cccc(Cn2c3ccccc3c3nnc(SCC(=O)NCCc4ccccn4)nc32)c1. The van der Waals surface area contributed by atoms with Gasteiger partial charge in [0.1, 0.15) is 5.52 Å². The summed E-state index contributed by atoms with van der Waals surface area (Å²) >= 11 is 1.29. The van der Waals surface area contributed by atoms with Gasteiger partial charge in [-0.15, -0.1) is 10.2 Å². The Kier molecular flexibility index (Phi) is 6.49. The molecule has 34 heavy (non-hydrogen) atoms. The van der Waals surface area contributed by atoms with E-state index in [0.29, 0.717) is 24.7 Å². The van der Waals surface area contributed by atoms with Gasteiger partial charge in [-0.25, -0.2) is 4.98 Å².